The fourth-order valence-electron chi connectivity index (χ4n) is 1.96. The van der Waals surface area contributed by atoms with E-state index in [9.17, 15) is 4.79 Å². The number of nitrogens with zero attached hydrogens (tertiary/aromatic N) is 3. The second kappa shape index (κ2) is 6.77. The van der Waals surface area contributed by atoms with Crippen molar-refractivity contribution in [2.24, 2.45) is 5.73 Å². The third-order valence-corrected chi connectivity index (χ3v) is 2.95. The number of nitrogens with two attached hydrogens (primary N) is 1. The van der Waals surface area contributed by atoms with Crippen molar-refractivity contribution in [3.63, 3.8) is 0 Å². The molecule has 104 valence electrons. The van der Waals surface area contributed by atoms with E-state index in [4.69, 9.17) is 5.73 Å². The van der Waals surface area contributed by atoms with E-state index in [1.807, 2.05) is 31.2 Å². The molecular formula is C15H18N4O. The highest BCUT2D eigenvalue weighted by Gasteiger charge is 2.17. The molecule has 1 heterocycles. The molecule has 2 aromatic rings. The van der Waals surface area contributed by atoms with Crippen LogP contribution in [0.5, 0.6) is 0 Å². The number of amides is 1. The smallest absolute Gasteiger partial charge is 0.261 e. The van der Waals surface area contributed by atoms with Crippen molar-refractivity contribution < 1.29 is 4.79 Å². The summed E-state index contributed by atoms with van der Waals surface area (Å²) in [6.45, 7) is 3.12. The molecule has 5 nitrogen and oxygen atoms in total. The fourth-order valence-corrected chi connectivity index (χ4v) is 1.96. The number of hydrogen-bond acceptors (Lipinski definition) is 4. The average molecular weight is 270 g/mol. The zero-order chi connectivity index (χ0) is 14.4. The lowest BCUT2D eigenvalue weighted by molar-refractivity contribution is 0.0986. The number of carbonyl (C=O) groups excluding carboxylic acids is 1. The first-order valence-corrected chi connectivity index (χ1v) is 6.56. The minimum atomic E-state index is -0.107. The lowest BCUT2D eigenvalue weighted by atomic mass is 10.2. The predicted octanol–water partition coefficient (Wildman–Crippen LogP) is 1.78. The predicted molar refractivity (Wildman–Crippen MR) is 78.6 cm³/mol. The van der Waals surface area contributed by atoms with Crippen molar-refractivity contribution in [3.8, 4) is 0 Å². The first-order valence-electron chi connectivity index (χ1n) is 6.56. The highest BCUT2D eigenvalue weighted by atomic mass is 16.2. The first-order chi connectivity index (χ1) is 9.72. The Morgan fingerprint density at radius 1 is 1.30 bits per heavy atom. The number of hydrogen-bond donors (Lipinski definition) is 1. The van der Waals surface area contributed by atoms with E-state index in [1.54, 1.807) is 4.90 Å². The molecule has 0 aliphatic rings. The van der Waals surface area contributed by atoms with Gasteiger partial charge in [-0.3, -0.25) is 4.79 Å². The number of aryl methyl sites for hydroxylation is 1. The van der Waals surface area contributed by atoms with Crippen molar-refractivity contribution in [1.82, 2.24) is 9.97 Å². The summed E-state index contributed by atoms with van der Waals surface area (Å²) >= 11 is 0. The van der Waals surface area contributed by atoms with E-state index < -0.39 is 0 Å². The van der Waals surface area contributed by atoms with Crippen LogP contribution >= 0.6 is 0 Å². The van der Waals surface area contributed by atoms with Crippen molar-refractivity contribution in [1.29, 1.82) is 0 Å². The Labute approximate surface area is 118 Å². The zero-order valence-corrected chi connectivity index (χ0v) is 11.5. The summed E-state index contributed by atoms with van der Waals surface area (Å²) in [5.74, 6) is -0.107. The van der Waals surface area contributed by atoms with E-state index in [0.717, 1.165) is 17.7 Å². The molecule has 0 aliphatic carbocycles. The Kier molecular flexibility index (Phi) is 4.79. The molecule has 0 radical (unpaired) electrons. The second-order valence-electron chi connectivity index (χ2n) is 4.57. The van der Waals surface area contributed by atoms with Gasteiger partial charge in [0.2, 0.25) is 0 Å². The van der Waals surface area contributed by atoms with Gasteiger partial charge in [0.1, 0.15) is 6.33 Å². The fraction of sp³-hybridized carbons (Fsp3) is 0.267. The molecule has 0 fully saturated rings. The largest absolute Gasteiger partial charge is 0.330 e. The molecule has 0 aliphatic heterocycles. The molecule has 0 atom stereocenters. The Hall–Kier alpha value is -2.27. The molecule has 1 aromatic heterocycles. The van der Waals surface area contributed by atoms with Gasteiger partial charge in [0.15, 0.2) is 0 Å². The third-order valence-electron chi connectivity index (χ3n) is 2.95. The van der Waals surface area contributed by atoms with Gasteiger partial charge in [0, 0.05) is 24.6 Å². The SMILES string of the molecule is Cc1cccc(N(CCCN)C(=O)c2cncnc2)c1. The summed E-state index contributed by atoms with van der Waals surface area (Å²) in [6.07, 6.45) is 5.21. The van der Waals surface area contributed by atoms with Crippen LogP contribution in [-0.4, -0.2) is 29.0 Å². The van der Waals surface area contributed by atoms with Crippen LogP contribution in [0.3, 0.4) is 0 Å². The average Bonchev–Trinajstić information content (AvgIpc) is 2.48. The van der Waals surface area contributed by atoms with Crippen molar-refractivity contribution in [3.05, 3.63) is 54.1 Å². The van der Waals surface area contributed by atoms with E-state index in [1.165, 1.54) is 18.7 Å². The maximum atomic E-state index is 12.6. The van der Waals surface area contributed by atoms with Gasteiger partial charge in [-0.25, -0.2) is 9.97 Å². The lowest BCUT2D eigenvalue weighted by Crippen LogP contribution is -2.33. The third kappa shape index (κ3) is 3.39. The van der Waals surface area contributed by atoms with Gasteiger partial charge in [-0.15, -0.1) is 0 Å². The molecule has 0 unspecified atom stereocenters. The van der Waals surface area contributed by atoms with Gasteiger partial charge in [-0.2, -0.15) is 0 Å². The molecule has 5 heteroatoms. The summed E-state index contributed by atoms with van der Waals surface area (Å²) in [5.41, 5.74) is 8.02. The molecule has 2 N–H and O–H groups in total. The summed E-state index contributed by atoms with van der Waals surface area (Å²) in [7, 11) is 0. The Morgan fingerprint density at radius 3 is 2.70 bits per heavy atom. The normalized spacial score (nSPS) is 10.3. The van der Waals surface area contributed by atoms with Gasteiger partial charge in [-0.1, -0.05) is 12.1 Å². The molecule has 0 spiro atoms. The highest BCUT2D eigenvalue weighted by molar-refractivity contribution is 6.05. The van der Waals surface area contributed by atoms with Gasteiger partial charge in [-0.05, 0) is 37.6 Å². The van der Waals surface area contributed by atoms with Crippen LogP contribution < -0.4 is 10.6 Å². The van der Waals surface area contributed by atoms with Crippen LogP contribution in [0.2, 0.25) is 0 Å². The minimum absolute atomic E-state index is 0.107. The first kappa shape index (κ1) is 14.1. The lowest BCUT2D eigenvalue weighted by Gasteiger charge is -2.23. The zero-order valence-electron chi connectivity index (χ0n) is 11.5. The summed E-state index contributed by atoms with van der Waals surface area (Å²) in [6, 6.07) is 7.85. The molecular weight excluding hydrogens is 252 g/mol. The Morgan fingerprint density at radius 2 is 2.05 bits per heavy atom. The molecule has 0 bridgehead atoms. The number of carbonyl (C=O) groups is 1. The summed E-state index contributed by atoms with van der Waals surface area (Å²) in [5, 5.41) is 0. The van der Waals surface area contributed by atoms with Crippen LogP contribution in [0.15, 0.2) is 43.0 Å². The standard InChI is InChI=1S/C15H18N4O/c1-12-4-2-5-14(8-12)19(7-3-6-16)15(20)13-9-17-11-18-10-13/h2,4-5,8-11H,3,6-7,16H2,1H3. The van der Waals surface area contributed by atoms with Crippen molar-refractivity contribution in [2.45, 2.75) is 13.3 Å². The number of rotatable bonds is 5. The molecule has 20 heavy (non-hydrogen) atoms. The maximum absolute atomic E-state index is 12.6. The quantitative estimate of drug-likeness (QED) is 0.899. The second-order valence-corrected chi connectivity index (χ2v) is 4.57. The molecule has 1 amide bonds. The Balaban J connectivity index is 2.30. The molecule has 2 rings (SSSR count). The van der Waals surface area contributed by atoms with Gasteiger partial charge >= 0.3 is 0 Å². The monoisotopic (exact) mass is 270 g/mol. The minimum Gasteiger partial charge on any atom is -0.330 e. The van der Waals surface area contributed by atoms with Crippen LogP contribution in [0, 0.1) is 6.92 Å². The van der Waals surface area contributed by atoms with Crippen LogP contribution in [0.4, 0.5) is 5.69 Å². The summed E-state index contributed by atoms with van der Waals surface area (Å²) in [4.78, 5) is 22.1. The molecule has 1 aromatic carbocycles. The van der Waals surface area contributed by atoms with Crippen LogP contribution in [0.1, 0.15) is 22.3 Å². The van der Waals surface area contributed by atoms with Crippen LogP contribution in [-0.2, 0) is 0 Å². The maximum Gasteiger partial charge on any atom is 0.261 e. The number of aromatic nitrogens is 2. The van der Waals surface area contributed by atoms with Crippen molar-refractivity contribution in [2.75, 3.05) is 18.0 Å². The van der Waals surface area contributed by atoms with Gasteiger partial charge < -0.3 is 10.6 Å². The topological polar surface area (TPSA) is 72.1 Å². The van der Waals surface area contributed by atoms with Crippen LogP contribution in [0.25, 0.3) is 0 Å². The summed E-state index contributed by atoms with van der Waals surface area (Å²) < 4.78 is 0. The molecule has 0 saturated heterocycles. The number of anilines is 1. The number of benzene rings is 1. The molecule has 0 saturated carbocycles. The van der Waals surface area contributed by atoms with E-state index in [-0.39, 0.29) is 5.91 Å². The van der Waals surface area contributed by atoms with E-state index in [2.05, 4.69) is 9.97 Å². The highest BCUT2D eigenvalue weighted by Crippen LogP contribution is 2.18. The van der Waals surface area contributed by atoms with Crippen molar-refractivity contribution >= 4 is 11.6 Å². The van der Waals surface area contributed by atoms with Gasteiger partial charge in [0.25, 0.3) is 5.91 Å². The van der Waals surface area contributed by atoms with Gasteiger partial charge in [0.05, 0.1) is 5.56 Å². The van der Waals surface area contributed by atoms with E-state index >= 15 is 0 Å². The Bertz CT molecular complexity index is 571. The van der Waals surface area contributed by atoms with E-state index in [0.29, 0.717) is 18.7 Å².